The maximum Gasteiger partial charge on any atom is 0.280 e. The molecule has 1 fully saturated rings. The molecule has 0 radical (unpaired) electrons. The summed E-state index contributed by atoms with van der Waals surface area (Å²) in [7, 11) is 0. The Morgan fingerprint density at radius 3 is 2.58 bits per heavy atom. The number of nitriles is 1. The van der Waals surface area contributed by atoms with Crippen LogP contribution in [-0.2, 0) is 12.8 Å². The fourth-order valence-electron chi connectivity index (χ4n) is 4.51. The molecule has 1 aliphatic rings. The zero-order valence-electron chi connectivity index (χ0n) is 19.4. The molecule has 0 spiro atoms. The summed E-state index contributed by atoms with van der Waals surface area (Å²) in [4.78, 5) is 17.4. The van der Waals surface area contributed by atoms with Crippen LogP contribution in [0.5, 0.6) is 5.88 Å². The van der Waals surface area contributed by atoms with Gasteiger partial charge in [-0.05, 0) is 60.4 Å². The molecule has 1 aliphatic carbocycles. The predicted molar refractivity (Wildman–Crippen MR) is 130 cm³/mol. The second-order valence-electron chi connectivity index (χ2n) is 8.96. The van der Waals surface area contributed by atoms with Crippen molar-refractivity contribution in [3.05, 3.63) is 92.5 Å². The third-order valence-electron chi connectivity index (χ3n) is 6.53. The second-order valence-corrected chi connectivity index (χ2v) is 8.96. The molecule has 1 N–H and O–H groups in total. The molecule has 0 unspecified atom stereocenters. The van der Waals surface area contributed by atoms with Gasteiger partial charge in [0.25, 0.3) is 5.56 Å². The molecule has 170 valence electrons. The minimum Gasteiger partial charge on any atom is -0.494 e. The SMILES string of the molecule is CCCCc1nc(=O)c(Cc2ccc(C3CC3)cc2)c(O)n1[C@@H](CC)c1cccc(C#N)c1. The van der Waals surface area contributed by atoms with Crippen molar-refractivity contribution in [1.29, 1.82) is 5.26 Å². The molecule has 33 heavy (non-hydrogen) atoms. The Kier molecular flexibility index (Phi) is 6.93. The fourth-order valence-corrected chi connectivity index (χ4v) is 4.51. The normalized spacial score (nSPS) is 14.1. The number of nitrogens with zero attached hydrogens (tertiary/aromatic N) is 3. The van der Waals surface area contributed by atoms with Crippen molar-refractivity contribution in [3.63, 3.8) is 0 Å². The smallest absolute Gasteiger partial charge is 0.280 e. The molecule has 5 heteroatoms. The lowest BCUT2D eigenvalue weighted by Gasteiger charge is -2.25. The molecule has 1 heterocycles. The first-order valence-electron chi connectivity index (χ1n) is 12.0. The van der Waals surface area contributed by atoms with E-state index in [0.29, 0.717) is 42.1 Å². The maximum absolute atomic E-state index is 13.0. The van der Waals surface area contributed by atoms with Gasteiger partial charge in [-0.3, -0.25) is 9.36 Å². The van der Waals surface area contributed by atoms with Gasteiger partial charge in [0.1, 0.15) is 5.82 Å². The topological polar surface area (TPSA) is 78.9 Å². The summed E-state index contributed by atoms with van der Waals surface area (Å²) in [6.07, 6.45) is 5.99. The lowest BCUT2D eigenvalue weighted by atomic mass is 10.00. The van der Waals surface area contributed by atoms with Crippen LogP contribution in [-0.4, -0.2) is 14.7 Å². The molecule has 1 aromatic heterocycles. The van der Waals surface area contributed by atoms with Crippen LogP contribution >= 0.6 is 0 Å². The Morgan fingerprint density at radius 1 is 1.18 bits per heavy atom. The fraction of sp³-hybridized carbons (Fsp3) is 0.393. The highest BCUT2D eigenvalue weighted by Gasteiger charge is 2.25. The summed E-state index contributed by atoms with van der Waals surface area (Å²) < 4.78 is 1.82. The molecule has 1 atom stereocenters. The molecule has 0 saturated heterocycles. The van der Waals surface area contributed by atoms with Gasteiger partial charge in [-0.1, -0.05) is 56.7 Å². The predicted octanol–water partition coefficient (Wildman–Crippen LogP) is 5.63. The summed E-state index contributed by atoms with van der Waals surface area (Å²) in [5.74, 6) is 1.27. The molecule has 0 amide bonds. The monoisotopic (exact) mass is 441 g/mol. The minimum atomic E-state index is -0.359. The number of benzene rings is 2. The van der Waals surface area contributed by atoms with Gasteiger partial charge in [0.05, 0.1) is 23.2 Å². The van der Waals surface area contributed by atoms with E-state index in [-0.39, 0.29) is 17.5 Å². The van der Waals surface area contributed by atoms with Crippen LogP contribution in [0.4, 0.5) is 0 Å². The largest absolute Gasteiger partial charge is 0.494 e. The van der Waals surface area contributed by atoms with Crippen molar-refractivity contribution < 1.29 is 5.11 Å². The van der Waals surface area contributed by atoms with Crippen molar-refractivity contribution in [2.24, 2.45) is 0 Å². The first kappa shape index (κ1) is 22.8. The van der Waals surface area contributed by atoms with Crippen molar-refractivity contribution in [2.75, 3.05) is 0 Å². The summed E-state index contributed by atoms with van der Waals surface area (Å²) >= 11 is 0. The standard InChI is InChI=1S/C28H31N3O2/c1-3-5-9-26-30-27(32)24(17-19-10-12-21(13-11-19)22-14-15-22)28(33)31(26)25(4-2)23-8-6-7-20(16-23)18-29/h6-8,10-13,16,22,25,33H,3-5,9,14-15,17H2,1-2H3/t25-/m0/s1. The van der Waals surface area contributed by atoms with Crippen LogP contribution in [0.2, 0.25) is 0 Å². The van der Waals surface area contributed by atoms with E-state index in [9.17, 15) is 15.2 Å². The Hall–Kier alpha value is -3.39. The number of unbranched alkanes of at least 4 members (excludes halogenated alkanes) is 1. The third-order valence-corrected chi connectivity index (χ3v) is 6.53. The number of rotatable bonds is 9. The van der Waals surface area contributed by atoms with E-state index in [0.717, 1.165) is 24.0 Å². The zero-order valence-corrected chi connectivity index (χ0v) is 19.4. The summed E-state index contributed by atoms with van der Waals surface area (Å²) in [5.41, 5.74) is 3.80. The van der Waals surface area contributed by atoms with Crippen molar-refractivity contribution >= 4 is 0 Å². The van der Waals surface area contributed by atoms with Crippen LogP contribution in [0.25, 0.3) is 0 Å². The highest BCUT2D eigenvalue weighted by molar-refractivity contribution is 5.38. The van der Waals surface area contributed by atoms with Gasteiger partial charge in [-0.25, -0.2) is 0 Å². The molecule has 0 aliphatic heterocycles. The number of aryl methyl sites for hydroxylation is 1. The Bertz CT molecular complexity index is 1220. The molecular formula is C28H31N3O2. The van der Waals surface area contributed by atoms with Gasteiger partial charge < -0.3 is 5.11 Å². The van der Waals surface area contributed by atoms with Crippen LogP contribution in [0.3, 0.4) is 0 Å². The molecule has 5 nitrogen and oxygen atoms in total. The van der Waals surface area contributed by atoms with Gasteiger partial charge in [-0.15, -0.1) is 0 Å². The molecule has 0 bridgehead atoms. The lowest BCUT2D eigenvalue weighted by Crippen LogP contribution is -2.25. The maximum atomic E-state index is 13.0. The summed E-state index contributed by atoms with van der Waals surface area (Å²) in [5, 5.41) is 20.8. The van der Waals surface area contributed by atoms with Gasteiger partial charge >= 0.3 is 0 Å². The Morgan fingerprint density at radius 2 is 1.94 bits per heavy atom. The second kappa shape index (κ2) is 10.0. The van der Waals surface area contributed by atoms with Gasteiger partial charge in [0.2, 0.25) is 5.88 Å². The molecule has 3 aromatic rings. The Labute approximate surface area is 195 Å². The van der Waals surface area contributed by atoms with E-state index in [1.807, 2.05) is 29.7 Å². The number of hydrogen-bond acceptors (Lipinski definition) is 4. The number of hydrogen-bond donors (Lipinski definition) is 1. The van der Waals surface area contributed by atoms with Crippen LogP contribution in [0.15, 0.2) is 53.3 Å². The van der Waals surface area contributed by atoms with E-state index in [1.54, 1.807) is 6.07 Å². The summed E-state index contributed by atoms with van der Waals surface area (Å²) in [6.45, 7) is 4.14. The average molecular weight is 442 g/mol. The quantitative estimate of drug-likeness (QED) is 0.467. The van der Waals surface area contributed by atoms with Gasteiger partial charge in [0.15, 0.2) is 0 Å². The zero-order chi connectivity index (χ0) is 23.4. The van der Waals surface area contributed by atoms with Crippen LogP contribution in [0.1, 0.15) is 91.6 Å². The highest BCUT2D eigenvalue weighted by Crippen LogP contribution is 2.40. The van der Waals surface area contributed by atoms with Crippen LogP contribution < -0.4 is 5.56 Å². The van der Waals surface area contributed by atoms with E-state index < -0.39 is 0 Å². The molecule has 2 aromatic carbocycles. The minimum absolute atomic E-state index is 0.0124. The number of aromatic hydroxyl groups is 1. The lowest BCUT2D eigenvalue weighted by molar-refractivity contribution is 0.368. The molecular weight excluding hydrogens is 410 g/mol. The molecule has 4 rings (SSSR count). The van der Waals surface area contributed by atoms with Crippen molar-refractivity contribution in [3.8, 4) is 11.9 Å². The first-order chi connectivity index (χ1) is 16.0. The van der Waals surface area contributed by atoms with Gasteiger partial charge in [-0.2, -0.15) is 10.2 Å². The summed E-state index contributed by atoms with van der Waals surface area (Å²) in [6, 6.07) is 17.8. The van der Waals surface area contributed by atoms with E-state index in [2.05, 4.69) is 42.2 Å². The van der Waals surface area contributed by atoms with E-state index in [1.165, 1.54) is 18.4 Å². The Balaban J connectivity index is 1.77. The van der Waals surface area contributed by atoms with Crippen molar-refractivity contribution in [1.82, 2.24) is 9.55 Å². The molecule has 1 saturated carbocycles. The van der Waals surface area contributed by atoms with Crippen molar-refractivity contribution in [2.45, 2.75) is 70.8 Å². The third kappa shape index (κ3) is 5.01. The van der Waals surface area contributed by atoms with E-state index in [4.69, 9.17) is 0 Å². The first-order valence-corrected chi connectivity index (χ1v) is 12.0. The number of aromatic nitrogens is 2. The van der Waals surface area contributed by atoms with Crippen LogP contribution in [0, 0.1) is 11.3 Å². The van der Waals surface area contributed by atoms with E-state index >= 15 is 0 Å². The van der Waals surface area contributed by atoms with Gasteiger partial charge in [0, 0.05) is 12.8 Å². The average Bonchev–Trinajstić information content (AvgIpc) is 3.68. The highest BCUT2D eigenvalue weighted by atomic mass is 16.3.